The van der Waals surface area contributed by atoms with Crippen molar-refractivity contribution in [3.05, 3.63) is 89.4 Å². The molecule has 1 heterocycles. The summed E-state index contributed by atoms with van der Waals surface area (Å²) in [6, 6.07) is 17.8. The predicted octanol–water partition coefficient (Wildman–Crippen LogP) is 3.88. The van der Waals surface area contributed by atoms with E-state index in [1.165, 1.54) is 6.26 Å². The summed E-state index contributed by atoms with van der Waals surface area (Å²) < 4.78 is 5.13. The van der Waals surface area contributed by atoms with E-state index in [-0.39, 0.29) is 11.7 Å². The summed E-state index contributed by atoms with van der Waals surface area (Å²) in [4.78, 5) is 25.2. The van der Waals surface area contributed by atoms with Gasteiger partial charge < -0.3 is 15.1 Å². The van der Waals surface area contributed by atoms with Gasteiger partial charge in [0.2, 0.25) is 5.91 Å². The van der Waals surface area contributed by atoms with E-state index in [0.29, 0.717) is 12.1 Å². The molecule has 3 rings (SSSR count). The number of nitrogens with one attached hydrogen (secondary N) is 2. The molecule has 0 aliphatic heterocycles. The number of furan rings is 1. The Bertz CT molecular complexity index is 918. The lowest BCUT2D eigenvalue weighted by molar-refractivity contribution is -0.118. The average molecular weight is 362 g/mol. The third-order valence-electron chi connectivity index (χ3n) is 4.42. The summed E-state index contributed by atoms with van der Waals surface area (Å²) in [5.41, 5.74) is 3.90. The highest BCUT2D eigenvalue weighted by Crippen LogP contribution is 2.15. The number of hydrogen-bond acceptors (Lipinski definition) is 3. The van der Waals surface area contributed by atoms with E-state index in [4.69, 9.17) is 4.42 Å². The van der Waals surface area contributed by atoms with Gasteiger partial charge in [-0.05, 0) is 54.8 Å². The highest BCUT2D eigenvalue weighted by Gasteiger charge is 2.23. The number of amides is 2. The maximum atomic E-state index is 12.9. The average Bonchev–Trinajstić information content (AvgIpc) is 3.20. The first-order valence-corrected chi connectivity index (χ1v) is 8.79. The Morgan fingerprint density at radius 3 is 2.41 bits per heavy atom. The molecule has 27 heavy (non-hydrogen) atoms. The van der Waals surface area contributed by atoms with Gasteiger partial charge in [-0.25, -0.2) is 0 Å². The summed E-state index contributed by atoms with van der Waals surface area (Å²) in [7, 11) is 0. The Morgan fingerprint density at radius 1 is 0.963 bits per heavy atom. The smallest absolute Gasteiger partial charge is 0.287 e. The molecule has 1 atom stereocenters. The normalized spacial score (nSPS) is 11.6. The van der Waals surface area contributed by atoms with Gasteiger partial charge in [0, 0.05) is 12.1 Å². The molecular weight excluding hydrogens is 340 g/mol. The van der Waals surface area contributed by atoms with Crippen LogP contribution in [0.1, 0.15) is 27.2 Å². The Labute approximate surface area is 158 Å². The maximum absolute atomic E-state index is 12.9. The van der Waals surface area contributed by atoms with Gasteiger partial charge in [-0.15, -0.1) is 0 Å². The van der Waals surface area contributed by atoms with Crippen molar-refractivity contribution >= 4 is 17.5 Å². The van der Waals surface area contributed by atoms with Crippen molar-refractivity contribution in [2.24, 2.45) is 0 Å². The van der Waals surface area contributed by atoms with Crippen molar-refractivity contribution < 1.29 is 14.0 Å². The van der Waals surface area contributed by atoms with Gasteiger partial charge in [-0.1, -0.05) is 36.4 Å². The molecule has 0 spiro atoms. The molecule has 1 unspecified atom stereocenters. The fraction of sp³-hybridized carbons (Fsp3) is 0.182. The molecule has 1 aromatic heterocycles. The molecule has 3 aromatic rings. The van der Waals surface area contributed by atoms with Crippen LogP contribution in [0.2, 0.25) is 0 Å². The Kier molecular flexibility index (Phi) is 5.71. The van der Waals surface area contributed by atoms with Crippen molar-refractivity contribution in [3.8, 4) is 0 Å². The molecule has 138 valence electrons. The van der Waals surface area contributed by atoms with E-state index >= 15 is 0 Å². The van der Waals surface area contributed by atoms with E-state index in [1.807, 2.05) is 62.4 Å². The lowest BCUT2D eigenvalue weighted by Gasteiger charge is -2.18. The van der Waals surface area contributed by atoms with Crippen LogP contribution in [-0.4, -0.2) is 17.9 Å². The van der Waals surface area contributed by atoms with Crippen molar-refractivity contribution in [3.63, 3.8) is 0 Å². The zero-order chi connectivity index (χ0) is 19.2. The molecule has 2 N–H and O–H groups in total. The van der Waals surface area contributed by atoms with Gasteiger partial charge in [-0.2, -0.15) is 0 Å². The summed E-state index contributed by atoms with van der Waals surface area (Å²) in [6.45, 7) is 4.01. The monoisotopic (exact) mass is 362 g/mol. The van der Waals surface area contributed by atoms with Crippen LogP contribution in [0.25, 0.3) is 0 Å². The second kappa shape index (κ2) is 8.36. The minimum absolute atomic E-state index is 0.173. The van der Waals surface area contributed by atoms with E-state index < -0.39 is 11.9 Å². The van der Waals surface area contributed by atoms with E-state index in [9.17, 15) is 9.59 Å². The molecule has 0 fully saturated rings. The van der Waals surface area contributed by atoms with Gasteiger partial charge >= 0.3 is 0 Å². The molecular formula is C22H22N2O3. The number of benzene rings is 2. The highest BCUT2D eigenvalue weighted by molar-refractivity contribution is 6.00. The molecule has 2 aromatic carbocycles. The highest BCUT2D eigenvalue weighted by atomic mass is 16.3. The zero-order valence-corrected chi connectivity index (χ0v) is 15.4. The minimum atomic E-state index is -0.730. The lowest BCUT2D eigenvalue weighted by atomic mass is 10.0. The molecule has 0 aliphatic rings. The second-order valence-electron chi connectivity index (χ2n) is 6.48. The third kappa shape index (κ3) is 4.85. The fourth-order valence-corrected chi connectivity index (χ4v) is 2.74. The van der Waals surface area contributed by atoms with Crippen LogP contribution in [0.4, 0.5) is 5.69 Å². The van der Waals surface area contributed by atoms with E-state index in [1.54, 1.807) is 12.1 Å². The fourth-order valence-electron chi connectivity index (χ4n) is 2.74. The van der Waals surface area contributed by atoms with Crippen LogP contribution in [0, 0.1) is 13.8 Å². The first-order chi connectivity index (χ1) is 13.0. The van der Waals surface area contributed by atoms with Gasteiger partial charge in [0.1, 0.15) is 6.04 Å². The number of rotatable bonds is 6. The quantitative estimate of drug-likeness (QED) is 0.699. The number of hydrogen-bond donors (Lipinski definition) is 2. The molecule has 0 aliphatic carbocycles. The van der Waals surface area contributed by atoms with Crippen LogP contribution < -0.4 is 10.6 Å². The van der Waals surface area contributed by atoms with Crippen LogP contribution in [0.3, 0.4) is 0 Å². The zero-order valence-electron chi connectivity index (χ0n) is 15.4. The van der Waals surface area contributed by atoms with Crippen LogP contribution in [0.5, 0.6) is 0 Å². The first-order valence-electron chi connectivity index (χ1n) is 8.79. The van der Waals surface area contributed by atoms with Crippen LogP contribution >= 0.6 is 0 Å². The maximum Gasteiger partial charge on any atom is 0.287 e. The number of anilines is 1. The molecule has 2 amide bonds. The van der Waals surface area contributed by atoms with Gasteiger partial charge in [-0.3, -0.25) is 9.59 Å². The lowest BCUT2D eigenvalue weighted by Crippen LogP contribution is -2.45. The van der Waals surface area contributed by atoms with Crippen molar-refractivity contribution in [1.29, 1.82) is 0 Å². The molecule has 0 radical (unpaired) electrons. The van der Waals surface area contributed by atoms with Crippen molar-refractivity contribution in [2.75, 3.05) is 5.32 Å². The van der Waals surface area contributed by atoms with Crippen molar-refractivity contribution in [1.82, 2.24) is 5.32 Å². The SMILES string of the molecule is Cc1ccc(NC(=O)C(Cc2ccccc2)NC(=O)c2ccco2)cc1C. The van der Waals surface area contributed by atoms with Crippen LogP contribution in [-0.2, 0) is 11.2 Å². The summed E-state index contributed by atoms with van der Waals surface area (Å²) in [5.74, 6) is -0.523. The number of carbonyl (C=O) groups excluding carboxylic acids is 2. The molecule has 5 nitrogen and oxygen atoms in total. The van der Waals surface area contributed by atoms with Crippen LogP contribution in [0.15, 0.2) is 71.3 Å². The minimum Gasteiger partial charge on any atom is -0.459 e. The largest absolute Gasteiger partial charge is 0.459 e. The van der Waals surface area contributed by atoms with Gasteiger partial charge in [0.05, 0.1) is 6.26 Å². The van der Waals surface area contributed by atoms with Crippen molar-refractivity contribution in [2.45, 2.75) is 26.3 Å². The molecule has 5 heteroatoms. The van der Waals surface area contributed by atoms with Gasteiger partial charge in [0.15, 0.2) is 5.76 Å². The topological polar surface area (TPSA) is 71.3 Å². The van der Waals surface area contributed by atoms with E-state index in [0.717, 1.165) is 16.7 Å². The first kappa shape index (κ1) is 18.5. The standard InChI is InChI=1S/C22H22N2O3/c1-15-10-11-18(13-16(15)2)23-21(25)19(14-17-7-4-3-5-8-17)24-22(26)20-9-6-12-27-20/h3-13,19H,14H2,1-2H3,(H,23,25)(H,24,26). The molecule has 0 saturated carbocycles. The Hall–Kier alpha value is -3.34. The molecule has 0 bridgehead atoms. The Morgan fingerprint density at radius 2 is 1.74 bits per heavy atom. The summed E-state index contributed by atoms with van der Waals surface area (Å²) in [5, 5.41) is 5.67. The third-order valence-corrected chi connectivity index (χ3v) is 4.42. The predicted molar refractivity (Wildman–Crippen MR) is 105 cm³/mol. The van der Waals surface area contributed by atoms with E-state index in [2.05, 4.69) is 10.6 Å². The second-order valence-corrected chi connectivity index (χ2v) is 6.48. The number of aryl methyl sites for hydroxylation is 2. The Balaban J connectivity index is 1.77. The summed E-state index contributed by atoms with van der Waals surface area (Å²) >= 11 is 0. The summed E-state index contributed by atoms with van der Waals surface area (Å²) in [6.07, 6.45) is 1.81. The molecule has 0 saturated heterocycles. The number of carbonyl (C=O) groups is 2. The van der Waals surface area contributed by atoms with Gasteiger partial charge in [0.25, 0.3) is 5.91 Å².